The number of halogens is 2. The summed E-state index contributed by atoms with van der Waals surface area (Å²) >= 11 is 0. The molecular weight excluding hydrogens is 184 g/mol. The molecule has 82 valence electrons. The number of hydrogen-bond donors (Lipinski definition) is 1. The van der Waals surface area contributed by atoms with Gasteiger partial charge in [-0.15, -0.1) is 0 Å². The van der Waals surface area contributed by atoms with Crippen molar-refractivity contribution in [1.82, 2.24) is 5.32 Å². The zero-order valence-corrected chi connectivity index (χ0v) is 8.57. The predicted octanol–water partition coefficient (Wildman–Crippen LogP) is 2.95. The Morgan fingerprint density at radius 1 is 1.07 bits per heavy atom. The van der Waals surface area contributed by atoms with Gasteiger partial charge in [0.15, 0.2) is 0 Å². The zero-order chi connectivity index (χ0) is 10.0. The highest BCUT2D eigenvalue weighted by Gasteiger charge is 2.44. The Morgan fingerprint density at radius 2 is 1.71 bits per heavy atom. The quantitative estimate of drug-likeness (QED) is 0.743. The van der Waals surface area contributed by atoms with Gasteiger partial charge in [0, 0.05) is 18.9 Å². The third-order valence-corrected chi connectivity index (χ3v) is 3.51. The molecule has 0 aromatic carbocycles. The summed E-state index contributed by atoms with van der Waals surface area (Å²) in [5.74, 6) is -1.62. The largest absolute Gasteiger partial charge is 0.313 e. The molecule has 0 amide bonds. The predicted molar refractivity (Wildman–Crippen MR) is 52.5 cm³/mol. The minimum absolute atomic E-state index is 0.0553. The molecule has 1 N–H and O–H groups in total. The summed E-state index contributed by atoms with van der Waals surface area (Å²) in [5, 5.41) is 3.26. The van der Waals surface area contributed by atoms with Gasteiger partial charge in [-0.2, -0.15) is 0 Å². The van der Waals surface area contributed by atoms with Crippen LogP contribution in [0.15, 0.2) is 0 Å². The van der Waals surface area contributed by atoms with Crippen LogP contribution in [0.25, 0.3) is 0 Å². The molecule has 2 aliphatic carbocycles. The first-order valence-corrected chi connectivity index (χ1v) is 5.77. The van der Waals surface area contributed by atoms with Gasteiger partial charge in [-0.05, 0) is 25.3 Å². The minimum atomic E-state index is -2.37. The second kappa shape index (κ2) is 4.13. The van der Waals surface area contributed by atoms with Crippen molar-refractivity contribution in [3.63, 3.8) is 0 Å². The molecular formula is C11H19F2N. The van der Waals surface area contributed by atoms with E-state index in [0.29, 0.717) is 0 Å². The lowest BCUT2D eigenvalue weighted by molar-refractivity contribution is -0.0933. The molecule has 2 fully saturated rings. The lowest BCUT2D eigenvalue weighted by Gasteiger charge is -2.36. The summed E-state index contributed by atoms with van der Waals surface area (Å²) in [4.78, 5) is 0. The number of hydrogen-bond acceptors (Lipinski definition) is 1. The van der Waals surface area contributed by atoms with Crippen molar-refractivity contribution in [2.75, 3.05) is 6.54 Å². The normalized spacial score (nSPS) is 28.7. The lowest BCUT2D eigenvalue weighted by Crippen LogP contribution is -2.49. The van der Waals surface area contributed by atoms with E-state index < -0.39 is 5.92 Å². The lowest BCUT2D eigenvalue weighted by atomic mass is 9.86. The molecule has 2 aliphatic rings. The summed E-state index contributed by atoms with van der Waals surface area (Å²) in [6, 6.07) is 0.0897. The molecule has 2 saturated carbocycles. The van der Waals surface area contributed by atoms with Gasteiger partial charge in [-0.1, -0.05) is 19.3 Å². The molecule has 1 nitrogen and oxygen atoms in total. The molecule has 0 aromatic heterocycles. The van der Waals surface area contributed by atoms with Crippen LogP contribution in [-0.4, -0.2) is 18.5 Å². The van der Waals surface area contributed by atoms with E-state index in [-0.39, 0.29) is 18.9 Å². The van der Waals surface area contributed by atoms with Crippen molar-refractivity contribution in [2.45, 2.75) is 56.9 Å². The molecule has 0 radical (unpaired) electrons. The first-order chi connectivity index (χ1) is 6.66. The van der Waals surface area contributed by atoms with Crippen LogP contribution >= 0.6 is 0 Å². The van der Waals surface area contributed by atoms with Crippen LogP contribution in [0.5, 0.6) is 0 Å². The van der Waals surface area contributed by atoms with Crippen LogP contribution in [-0.2, 0) is 0 Å². The van der Waals surface area contributed by atoms with Gasteiger partial charge < -0.3 is 5.32 Å². The maximum atomic E-state index is 12.5. The smallest absolute Gasteiger partial charge is 0.251 e. The van der Waals surface area contributed by atoms with E-state index in [2.05, 4.69) is 5.32 Å². The van der Waals surface area contributed by atoms with E-state index in [9.17, 15) is 8.78 Å². The van der Waals surface area contributed by atoms with E-state index in [1.54, 1.807) is 0 Å². The summed E-state index contributed by atoms with van der Waals surface area (Å²) in [6.07, 6.45) is 6.70. The minimum Gasteiger partial charge on any atom is -0.313 e. The topological polar surface area (TPSA) is 12.0 Å². The van der Waals surface area contributed by atoms with Crippen molar-refractivity contribution in [1.29, 1.82) is 0 Å². The Hall–Kier alpha value is -0.180. The second-order valence-corrected chi connectivity index (χ2v) is 4.87. The highest BCUT2D eigenvalue weighted by Crippen LogP contribution is 2.37. The van der Waals surface area contributed by atoms with Gasteiger partial charge in [0.2, 0.25) is 0 Å². The molecule has 0 saturated heterocycles. The number of nitrogens with one attached hydrogen (secondary N) is 1. The third-order valence-electron chi connectivity index (χ3n) is 3.51. The van der Waals surface area contributed by atoms with E-state index in [4.69, 9.17) is 0 Å². The van der Waals surface area contributed by atoms with Gasteiger partial charge in [-0.25, -0.2) is 8.78 Å². The van der Waals surface area contributed by atoms with Crippen molar-refractivity contribution in [2.24, 2.45) is 5.92 Å². The highest BCUT2D eigenvalue weighted by atomic mass is 19.3. The molecule has 0 atom stereocenters. The molecule has 14 heavy (non-hydrogen) atoms. The Labute approximate surface area is 84.3 Å². The monoisotopic (exact) mass is 203 g/mol. The van der Waals surface area contributed by atoms with Crippen LogP contribution in [0.3, 0.4) is 0 Å². The Kier molecular flexibility index (Phi) is 3.05. The first kappa shape index (κ1) is 10.3. The van der Waals surface area contributed by atoms with Crippen molar-refractivity contribution < 1.29 is 8.78 Å². The van der Waals surface area contributed by atoms with Crippen LogP contribution in [0.4, 0.5) is 8.78 Å². The summed E-state index contributed by atoms with van der Waals surface area (Å²) < 4.78 is 25.0. The fourth-order valence-electron chi connectivity index (χ4n) is 2.53. The van der Waals surface area contributed by atoms with Crippen molar-refractivity contribution in [3.05, 3.63) is 0 Å². The Balaban J connectivity index is 1.59. The summed E-state index contributed by atoms with van der Waals surface area (Å²) in [5.41, 5.74) is 0. The van der Waals surface area contributed by atoms with Crippen LogP contribution < -0.4 is 5.32 Å². The maximum absolute atomic E-state index is 12.5. The number of alkyl halides is 2. The van der Waals surface area contributed by atoms with E-state index in [1.165, 1.54) is 32.1 Å². The molecule has 0 heterocycles. The van der Waals surface area contributed by atoms with Gasteiger partial charge >= 0.3 is 0 Å². The molecule has 2 rings (SSSR count). The van der Waals surface area contributed by atoms with E-state index in [0.717, 1.165) is 12.5 Å². The number of rotatable bonds is 3. The van der Waals surface area contributed by atoms with Crippen molar-refractivity contribution >= 4 is 0 Å². The first-order valence-electron chi connectivity index (χ1n) is 5.77. The summed E-state index contributed by atoms with van der Waals surface area (Å²) in [6.45, 7) is 0.959. The molecule has 0 unspecified atom stereocenters. The summed E-state index contributed by atoms with van der Waals surface area (Å²) in [7, 11) is 0. The van der Waals surface area contributed by atoms with Gasteiger partial charge in [0.05, 0.1) is 0 Å². The van der Waals surface area contributed by atoms with Gasteiger partial charge in [0.25, 0.3) is 5.92 Å². The van der Waals surface area contributed by atoms with E-state index in [1.807, 2.05) is 0 Å². The van der Waals surface area contributed by atoms with Crippen LogP contribution in [0.2, 0.25) is 0 Å². The van der Waals surface area contributed by atoms with E-state index >= 15 is 0 Å². The van der Waals surface area contributed by atoms with Gasteiger partial charge in [0.1, 0.15) is 0 Å². The highest BCUT2D eigenvalue weighted by molar-refractivity contribution is 4.91. The van der Waals surface area contributed by atoms with Gasteiger partial charge in [-0.3, -0.25) is 0 Å². The fourth-order valence-corrected chi connectivity index (χ4v) is 2.53. The zero-order valence-electron chi connectivity index (χ0n) is 8.57. The Morgan fingerprint density at radius 3 is 2.29 bits per heavy atom. The molecule has 0 aliphatic heterocycles. The maximum Gasteiger partial charge on any atom is 0.251 e. The fraction of sp³-hybridized carbons (Fsp3) is 1.00. The molecule has 0 spiro atoms. The molecule has 0 aromatic rings. The standard InChI is InChI=1S/C11H19F2N/c12-11(13)6-10(7-11)14-8-9-4-2-1-3-5-9/h9-10,14H,1-8H2. The van der Waals surface area contributed by atoms with Crippen LogP contribution in [0, 0.1) is 5.92 Å². The molecule has 3 heteroatoms. The van der Waals surface area contributed by atoms with Crippen LogP contribution in [0.1, 0.15) is 44.9 Å². The SMILES string of the molecule is FC1(F)CC(NCC2CCCCC2)C1. The molecule has 0 bridgehead atoms. The third kappa shape index (κ3) is 2.66. The second-order valence-electron chi connectivity index (χ2n) is 4.87. The Bertz CT molecular complexity index is 180. The average molecular weight is 203 g/mol. The average Bonchev–Trinajstić information content (AvgIpc) is 2.13. The van der Waals surface area contributed by atoms with Crippen molar-refractivity contribution in [3.8, 4) is 0 Å².